The normalized spacial score (nSPS) is 21.2. The highest BCUT2D eigenvalue weighted by atomic mass is 32.2. The smallest absolute Gasteiger partial charge is 0.248 e. The van der Waals surface area contributed by atoms with Crippen LogP contribution in [0.4, 0.5) is 0 Å². The second-order valence-corrected chi connectivity index (χ2v) is 11.7. The summed E-state index contributed by atoms with van der Waals surface area (Å²) < 4.78 is 30.8. The molecule has 2 atom stereocenters. The van der Waals surface area contributed by atoms with Crippen LogP contribution in [-0.2, 0) is 26.0 Å². The van der Waals surface area contributed by atoms with Crippen molar-refractivity contribution in [2.45, 2.75) is 44.3 Å². The second kappa shape index (κ2) is 9.56. The molecule has 8 nitrogen and oxygen atoms in total. The van der Waals surface area contributed by atoms with Crippen molar-refractivity contribution >= 4 is 26.6 Å². The lowest BCUT2D eigenvalue weighted by Crippen LogP contribution is -2.63. The van der Waals surface area contributed by atoms with Crippen molar-refractivity contribution < 1.29 is 23.1 Å². The number of aliphatic hydroxyl groups is 1. The number of benzene rings is 2. The monoisotopic (exact) mass is 497 g/mol. The second-order valence-electron chi connectivity index (χ2n) is 9.33. The summed E-state index contributed by atoms with van der Waals surface area (Å²) in [6.45, 7) is 6.42. The number of hydrogen-bond acceptors (Lipinski definition) is 7. The standard InChI is InChI=1S/C26H31N3O5S/c1-17(2)29-12-13-35(32,33)26(16-29,24(30)25(27)31)20-8-10-21(11-9-20)34-15-19-14-18(3)28-23-7-5-4-6-22(19)23/h4-11,14,17,24,30H,12-13,15-16H2,1-3H3,(H2,27,31). The number of amides is 1. The Morgan fingerprint density at radius 1 is 1.20 bits per heavy atom. The minimum absolute atomic E-state index is 0.0282. The Hall–Kier alpha value is -3.01. The van der Waals surface area contributed by atoms with E-state index in [1.807, 2.05) is 56.0 Å². The molecule has 1 fully saturated rings. The fourth-order valence-corrected chi connectivity index (χ4v) is 6.92. The summed E-state index contributed by atoms with van der Waals surface area (Å²) in [7, 11) is -3.89. The van der Waals surface area contributed by atoms with Crippen LogP contribution in [0.1, 0.15) is 30.7 Å². The lowest BCUT2D eigenvalue weighted by atomic mass is 9.90. The number of pyridine rings is 1. The first kappa shape index (κ1) is 25.1. The molecule has 1 saturated heterocycles. The molecule has 0 saturated carbocycles. The SMILES string of the molecule is Cc1cc(COc2ccc(C3(C(O)C(N)=O)CN(C(C)C)CCS3(=O)=O)cc2)c2ccccc2n1. The van der Waals surface area contributed by atoms with E-state index in [-0.39, 0.29) is 18.3 Å². The third-order valence-electron chi connectivity index (χ3n) is 6.75. The van der Waals surface area contributed by atoms with Crippen molar-refractivity contribution in [1.29, 1.82) is 0 Å². The molecule has 1 aliphatic rings. The highest BCUT2D eigenvalue weighted by molar-refractivity contribution is 7.92. The lowest BCUT2D eigenvalue weighted by Gasteiger charge is -2.45. The van der Waals surface area contributed by atoms with Gasteiger partial charge >= 0.3 is 0 Å². The summed E-state index contributed by atoms with van der Waals surface area (Å²) in [6, 6.07) is 16.4. The van der Waals surface area contributed by atoms with Crippen molar-refractivity contribution in [3.05, 3.63) is 71.4 Å². The zero-order valence-corrected chi connectivity index (χ0v) is 21.0. The van der Waals surface area contributed by atoms with Crippen molar-refractivity contribution in [2.75, 3.05) is 18.8 Å². The van der Waals surface area contributed by atoms with Gasteiger partial charge < -0.3 is 15.6 Å². The van der Waals surface area contributed by atoms with E-state index in [9.17, 15) is 18.3 Å². The fraction of sp³-hybridized carbons (Fsp3) is 0.385. The number of sulfone groups is 1. The van der Waals surface area contributed by atoms with Crippen molar-refractivity contribution in [2.24, 2.45) is 5.73 Å². The van der Waals surface area contributed by atoms with Gasteiger partial charge in [-0.2, -0.15) is 0 Å². The Morgan fingerprint density at radius 2 is 1.89 bits per heavy atom. The van der Waals surface area contributed by atoms with E-state index in [2.05, 4.69) is 4.98 Å². The molecule has 1 aromatic heterocycles. The Labute approximate surface area is 205 Å². The predicted molar refractivity (Wildman–Crippen MR) is 135 cm³/mol. The number of carbonyl (C=O) groups excluding carboxylic acids is 1. The van der Waals surface area contributed by atoms with Crippen LogP contribution in [0, 0.1) is 6.92 Å². The van der Waals surface area contributed by atoms with Gasteiger partial charge in [0.15, 0.2) is 15.9 Å². The van der Waals surface area contributed by atoms with E-state index in [4.69, 9.17) is 10.5 Å². The molecule has 35 heavy (non-hydrogen) atoms. The first-order valence-electron chi connectivity index (χ1n) is 11.6. The number of aryl methyl sites for hydroxylation is 1. The Balaban J connectivity index is 1.66. The third kappa shape index (κ3) is 4.63. The number of para-hydroxylation sites is 1. The summed E-state index contributed by atoms with van der Waals surface area (Å²) in [5, 5.41) is 11.8. The molecule has 2 unspecified atom stereocenters. The molecule has 0 radical (unpaired) electrons. The van der Waals surface area contributed by atoms with Gasteiger partial charge in [0.25, 0.3) is 0 Å². The average molecular weight is 498 g/mol. The van der Waals surface area contributed by atoms with Crippen LogP contribution in [0.5, 0.6) is 5.75 Å². The summed E-state index contributed by atoms with van der Waals surface area (Å²) >= 11 is 0. The number of hydrogen-bond donors (Lipinski definition) is 2. The first-order chi connectivity index (χ1) is 16.5. The molecule has 2 heterocycles. The van der Waals surface area contributed by atoms with E-state index < -0.39 is 26.6 Å². The van der Waals surface area contributed by atoms with Crippen LogP contribution in [0.15, 0.2) is 54.6 Å². The van der Waals surface area contributed by atoms with Crippen molar-refractivity contribution in [3.8, 4) is 5.75 Å². The maximum Gasteiger partial charge on any atom is 0.248 e. The zero-order valence-electron chi connectivity index (χ0n) is 20.1. The van der Waals surface area contributed by atoms with Gasteiger partial charge in [-0.25, -0.2) is 8.42 Å². The maximum absolute atomic E-state index is 13.3. The number of aliphatic hydroxyl groups excluding tert-OH is 1. The number of ether oxygens (including phenoxy) is 1. The summed E-state index contributed by atoms with van der Waals surface area (Å²) in [5.74, 6) is -0.716. The van der Waals surface area contributed by atoms with Crippen LogP contribution >= 0.6 is 0 Å². The molecule has 186 valence electrons. The van der Waals surface area contributed by atoms with Gasteiger partial charge in [0.05, 0.1) is 11.3 Å². The van der Waals surface area contributed by atoms with Gasteiger partial charge in [-0.05, 0) is 50.6 Å². The van der Waals surface area contributed by atoms with Crippen LogP contribution in [0.2, 0.25) is 0 Å². The van der Waals surface area contributed by atoms with Gasteiger partial charge in [0, 0.05) is 35.8 Å². The number of aromatic nitrogens is 1. The molecule has 2 aromatic carbocycles. The zero-order chi connectivity index (χ0) is 25.4. The van der Waals surface area contributed by atoms with Crippen molar-refractivity contribution in [1.82, 2.24) is 9.88 Å². The number of rotatable bonds is 7. The van der Waals surface area contributed by atoms with Gasteiger partial charge in [-0.15, -0.1) is 0 Å². The van der Waals surface area contributed by atoms with Gasteiger partial charge in [0.2, 0.25) is 5.91 Å². The summed E-state index contributed by atoms with van der Waals surface area (Å²) in [5.41, 5.74) is 8.50. The molecular formula is C26H31N3O5S. The highest BCUT2D eigenvalue weighted by Crippen LogP contribution is 2.40. The minimum atomic E-state index is -3.89. The molecule has 0 spiro atoms. The fourth-order valence-electron chi connectivity index (χ4n) is 4.76. The topological polar surface area (TPSA) is 123 Å². The number of nitrogens with two attached hydrogens (primary N) is 1. The molecular weight excluding hydrogens is 466 g/mol. The number of primary amides is 1. The van der Waals surface area contributed by atoms with Crippen molar-refractivity contribution in [3.63, 3.8) is 0 Å². The van der Waals surface area contributed by atoms with E-state index in [1.54, 1.807) is 24.3 Å². The van der Waals surface area contributed by atoms with Crippen LogP contribution in [-0.4, -0.2) is 60.3 Å². The molecule has 3 N–H and O–H groups in total. The maximum atomic E-state index is 13.3. The number of carbonyl (C=O) groups is 1. The Morgan fingerprint density at radius 3 is 2.54 bits per heavy atom. The predicted octanol–water partition coefficient (Wildman–Crippen LogP) is 2.30. The molecule has 0 aliphatic carbocycles. The van der Waals surface area contributed by atoms with E-state index in [0.29, 0.717) is 24.5 Å². The van der Waals surface area contributed by atoms with E-state index in [0.717, 1.165) is 22.2 Å². The van der Waals surface area contributed by atoms with Crippen LogP contribution in [0.25, 0.3) is 10.9 Å². The van der Waals surface area contributed by atoms with E-state index >= 15 is 0 Å². The van der Waals surface area contributed by atoms with Crippen LogP contribution < -0.4 is 10.5 Å². The summed E-state index contributed by atoms with van der Waals surface area (Å²) in [4.78, 5) is 18.5. The first-order valence-corrected chi connectivity index (χ1v) is 13.2. The van der Waals surface area contributed by atoms with Gasteiger partial charge in [-0.1, -0.05) is 30.3 Å². The number of fused-ring (bicyclic) bond motifs is 1. The minimum Gasteiger partial charge on any atom is -0.489 e. The molecule has 0 bridgehead atoms. The Bertz CT molecular complexity index is 1340. The molecule has 3 aromatic rings. The van der Waals surface area contributed by atoms with Gasteiger partial charge in [-0.3, -0.25) is 14.7 Å². The van der Waals surface area contributed by atoms with Crippen LogP contribution in [0.3, 0.4) is 0 Å². The summed E-state index contributed by atoms with van der Waals surface area (Å²) in [6.07, 6.45) is -1.88. The largest absolute Gasteiger partial charge is 0.489 e. The Kier molecular flexibility index (Phi) is 6.86. The number of nitrogens with zero attached hydrogens (tertiary/aromatic N) is 2. The van der Waals surface area contributed by atoms with E-state index in [1.165, 1.54) is 0 Å². The van der Waals surface area contributed by atoms with Gasteiger partial charge in [0.1, 0.15) is 17.1 Å². The quantitative estimate of drug-likeness (QED) is 0.513. The lowest BCUT2D eigenvalue weighted by molar-refractivity contribution is -0.128. The third-order valence-corrected chi connectivity index (χ3v) is 9.17. The average Bonchev–Trinajstić information content (AvgIpc) is 2.82. The molecule has 4 rings (SSSR count). The molecule has 1 amide bonds. The molecule has 1 aliphatic heterocycles. The molecule has 9 heteroatoms. The highest BCUT2D eigenvalue weighted by Gasteiger charge is 2.56.